The van der Waals surface area contributed by atoms with Gasteiger partial charge in [0.05, 0.1) is 0 Å². The average molecular weight is 289 g/mol. The Hall–Kier alpha value is -1.47. The highest BCUT2D eigenvalue weighted by Crippen LogP contribution is 2.19. The summed E-state index contributed by atoms with van der Waals surface area (Å²) in [6, 6.07) is 2.56. The van der Waals surface area contributed by atoms with Gasteiger partial charge in [0, 0.05) is 0 Å². The van der Waals surface area contributed by atoms with Crippen LogP contribution in [0.15, 0.2) is 23.1 Å². The quantitative estimate of drug-likeness (QED) is 0.861. The summed E-state index contributed by atoms with van der Waals surface area (Å²) >= 11 is 0. The summed E-state index contributed by atoms with van der Waals surface area (Å²) in [6.07, 6.45) is 0. The van der Waals surface area contributed by atoms with E-state index in [0.717, 1.165) is 6.07 Å². The van der Waals surface area contributed by atoms with Crippen LogP contribution >= 0.6 is 0 Å². The van der Waals surface area contributed by atoms with E-state index in [9.17, 15) is 17.6 Å². The number of nitrogens with one attached hydrogen (secondary N) is 1. The Bertz CT molecular complexity index is 563. The molecule has 5 nitrogen and oxygen atoms in total. The molecule has 0 aromatic heterocycles. The molecular weight excluding hydrogens is 273 g/mol. The molecule has 1 aromatic rings. The van der Waals surface area contributed by atoms with Crippen LogP contribution in [0, 0.1) is 18.7 Å². The number of benzene rings is 1. The second-order valence-corrected chi connectivity index (χ2v) is 6.22. The highest BCUT2D eigenvalue weighted by atomic mass is 32.2. The van der Waals surface area contributed by atoms with Gasteiger partial charge in [-0.1, -0.05) is 26.0 Å². The molecule has 0 fully saturated rings. The fourth-order valence-electron chi connectivity index (χ4n) is 1.65. The van der Waals surface area contributed by atoms with Crippen LogP contribution in [0.25, 0.3) is 0 Å². The van der Waals surface area contributed by atoms with Crippen LogP contribution in [0.4, 0.5) is 4.39 Å². The molecule has 1 atom stereocenters. The number of rotatable bonds is 5. The predicted molar refractivity (Wildman–Crippen MR) is 67.7 cm³/mol. The molecule has 0 unspecified atom stereocenters. The molecule has 1 aromatic carbocycles. The predicted octanol–water partition coefficient (Wildman–Crippen LogP) is 1.52. The molecule has 0 radical (unpaired) electrons. The molecule has 0 spiro atoms. The van der Waals surface area contributed by atoms with E-state index in [-0.39, 0.29) is 5.56 Å². The van der Waals surface area contributed by atoms with Crippen molar-refractivity contribution in [1.82, 2.24) is 4.72 Å². The fraction of sp³-hybridized carbons (Fsp3) is 0.417. The van der Waals surface area contributed by atoms with Crippen LogP contribution in [0.5, 0.6) is 0 Å². The van der Waals surface area contributed by atoms with Crippen molar-refractivity contribution in [3.05, 3.63) is 29.6 Å². The summed E-state index contributed by atoms with van der Waals surface area (Å²) in [5, 5.41) is 8.97. The van der Waals surface area contributed by atoms with Gasteiger partial charge in [0.15, 0.2) is 0 Å². The molecule has 0 amide bonds. The first-order valence-electron chi connectivity index (χ1n) is 5.67. The Kier molecular flexibility index (Phi) is 4.65. The average Bonchev–Trinajstić information content (AvgIpc) is 2.24. The van der Waals surface area contributed by atoms with Crippen LogP contribution in [0.1, 0.15) is 19.4 Å². The Morgan fingerprint density at radius 3 is 2.37 bits per heavy atom. The Morgan fingerprint density at radius 2 is 1.95 bits per heavy atom. The van der Waals surface area contributed by atoms with Crippen molar-refractivity contribution in [3.8, 4) is 0 Å². The van der Waals surface area contributed by atoms with Crippen LogP contribution in [0.2, 0.25) is 0 Å². The third kappa shape index (κ3) is 3.51. The van der Waals surface area contributed by atoms with Gasteiger partial charge in [-0.25, -0.2) is 12.8 Å². The lowest BCUT2D eigenvalue weighted by Gasteiger charge is -2.19. The van der Waals surface area contributed by atoms with Gasteiger partial charge in [0.1, 0.15) is 16.8 Å². The number of hydrogen-bond acceptors (Lipinski definition) is 3. The van der Waals surface area contributed by atoms with Gasteiger partial charge in [-0.2, -0.15) is 4.72 Å². The minimum Gasteiger partial charge on any atom is -0.480 e. The molecule has 0 bridgehead atoms. The van der Waals surface area contributed by atoms with E-state index in [4.69, 9.17) is 5.11 Å². The van der Waals surface area contributed by atoms with E-state index in [1.54, 1.807) is 13.8 Å². The minimum absolute atomic E-state index is 0.223. The van der Waals surface area contributed by atoms with E-state index in [1.165, 1.54) is 19.1 Å². The number of aliphatic carboxylic acids is 1. The summed E-state index contributed by atoms with van der Waals surface area (Å²) in [5.41, 5.74) is 0.223. The van der Waals surface area contributed by atoms with E-state index in [1.807, 2.05) is 4.72 Å². The molecule has 7 heteroatoms. The number of carboxylic acids is 1. The normalized spacial score (nSPS) is 13.5. The third-order valence-electron chi connectivity index (χ3n) is 2.65. The van der Waals surface area contributed by atoms with Gasteiger partial charge >= 0.3 is 5.97 Å². The molecule has 19 heavy (non-hydrogen) atoms. The smallest absolute Gasteiger partial charge is 0.322 e. The number of hydrogen-bond donors (Lipinski definition) is 2. The van der Waals surface area contributed by atoms with Crippen molar-refractivity contribution in [2.24, 2.45) is 5.92 Å². The fourth-order valence-corrected chi connectivity index (χ4v) is 3.30. The maximum Gasteiger partial charge on any atom is 0.322 e. The largest absolute Gasteiger partial charge is 0.480 e. The molecule has 0 saturated carbocycles. The zero-order valence-electron chi connectivity index (χ0n) is 10.8. The van der Waals surface area contributed by atoms with Gasteiger partial charge in [0.2, 0.25) is 10.0 Å². The molecule has 0 aliphatic rings. The lowest BCUT2D eigenvalue weighted by molar-refractivity contribution is -0.140. The molecule has 0 saturated heterocycles. The SMILES string of the molecule is Cc1cccc(F)c1S(=O)(=O)N[C@@H](C(=O)O)C(C)C. The molecule has 0 aliphatic heterocycles. The van der Waals surface area contributed by atoms with E-state index in [0.29, 0.717) is 0 Å². The first kappa shape index (κ1) is 15.6. The van der Waals surface area contributed by atoms with Crippen LogP contribution in [0.3, 0.4) is 0 Å². The lowest BCUT2D eigenvalue weighted by Crippen LogP contribution is -2.44. The van der Waals surface area contributed by atoms with Crippen LogP contribution < -0.4 is 4.72 Å². The Labute approximate surface area is 111 Å². The molecule has 0 aliphatic carbocycles. The van der Waals surface area contributed by atoms with Gasteiger partial charge in [-0.15, -0.1) is 0 Å². The molecule has 1 rings (SSSR count). The summed E-state index contributed by atoms with van der Waals surface area (Å²) < 4.78 is 39.8. The highest BCUT2D eigenvalue weighted by molar-refractivity contribution is 7.89. The zero-order chi connectivity index (χ0) is 14.8. The molecule has 106 valence electrons. The van der Waals surface area contributed by atoms with Gasteiger partial charge in [0.25, 0.3) is 0 Å². The second-order valence-electron chi connectivity index (χ2n) is 4.57. The van der Waals surface area contributed by atoms with Crippen LogP contribution in [-0.2, 0) is 14.8 Å². The second kappa shape index (κ2) is 5.66. The number of halogens is 1. The van der Waals surface area contributed by atoms with Crippen molar-refractivity contribution >= 4 is 16.0 Å². The van der Waals surface area contributed by atoms with Crippen molar-refractivity contribution in [2.75, 3.05) is 0 Å². The highest BCUT2D eigenvalue weighted by Gasteiger charge is 2.30. The van der Waals surface area contributed by atoms with Gasteiger partial charge in [-0.05, 0) is 24.5 Å². The molecule has 2 N–H and O–H groups in total. The van der Waals surface area contributed by atoms with E-state index in [2.05, 4.69) is 0 Å². The first-order valence-corrected chi connectivity index (χ1v) is 7.15. The molecular formula is C12H16FNO4S. The summed E-state index contributed by atoms with van der Waals surface area (Å²) in [4.78, 5) is 10.5. The number of carbonyl (C=O) groups is 1. The van der Waals surface area contributed by atoms with Crippen molar-refractivity contribution < 1.29 is 22.7 Å². The monoisotopic (exact) mass is 289 g/mol. The standard InChI is InChI=1S/C12H16FNO4S/c1-7(2)10(12(15)16)14-19(17,18)11-8(3)5-4-6-9(11)13/h4-7,10,14H,1-3H3,(H,15,16)/t10-/m1/s1. The minimum atomic E-state index is -4.22. The van der Waals surface area contributed by atoms with Crippen molar-refractivity contribution in [2.45, 2.75) is 31.7 Å². The zero-order valence-corrected chi connectivity index (χ0v) is 11.7. The summed E-state index contributed by atoms with van der Waals surface area (Å²) in [6.45, 7) is 4.58. The van der Waals surface area contributed by atoms with Crippen molar-refractivity contribution in [3.63, 3.8) is 0 Å². The first-order chi connectivity index (χ1) is 8.66. The number of aryl methyl sites for hydroxylation is 1. The van der Waals surface area contributed by atoms with E-state index >= 15 is 0 Å². The van der Waals surface area contributed by atoms with Crippen LogP contribution in [-0.4, -0.2) is 25.5 Å². The lowest BCUT2D eigenvalue weighted by atomic mass is 10.1. The van der Waals surface area contributed by atoms with E-state index < -0.39 is 38.7 Å². The van der Waals surface area contributed by atoms with Gasteiger partial charge < -0.3 is 5.11 Å². The maximum atomic E-state index is 13.6. The Morgan fingerprint density at radius 1 is 1.37 bits per heavy atom. The summed E-state index contributed by atoms with van der Waals surface area (Å²) in [7, 11) is -4.22. The number of sulfonamides is 1. The topological polar surface area (TPSA) is 83.5 Å². The third-order valence-corrected chi connectivity index (χ3v) is 4.27. The summed E-state index contributed by atoms with van der Waals surface area (Å²) in [5.74, 6) is -2.66. The van der Waals surface area contributed by atoms with Gasteiger partial charge in [-0.3, -0.25) is 4.79 Å². The maximum absolute atomic E-state index is 13.6. The number of carboxylic acid groups (broad SMARTS) is 1. The Balaban J connectivity index is 3.22. The van der Waals surface area contributed by atoms with Crippen molar-refractivity contribution in [1.29, 1.82) is 0 Å². The molecule has 0 heterocycles.